The van der Waals surface area contributed by atoms with Crippen LogP contribution in [0.1, 0.15) is 125 Å². The Labute approximate surface area is 327 Å². The number of fused-ring (bicyclic) bond motifs is 3. The molecule has 0 spiro atoms. The van der Waals surface area contributed by atoms with Gasteiger partial charge >= 0.3 is 0 Å². The summed E-state index contributed by atoms with van der Waals surface area (Å²) >= 11 is 1.79. The van der Waals surface area contributed by atoms with Crippen molar-refractivity contribution in [3.8, 4) is 0 Å². The van der Waals surface area contributed by atoms with E-state index in [4.69, 9.17) is 0 Å². The summed E-state index contributed by atoms with van der Waals surface area (Å²) in [6.07, 6.45) is 1.95. The Kier molecular flexibility index (Phi) is 35.4. The number of hydrogen-bond acceptors (Lipinski definition) is 1. The van der Waals surface area contributed by atoms with Crippen molar-refractivity contribution in [3.63, 3.8) is 0 Å². The van der Waals surface area contributed by atoms with Gasteiger partial charge in [0, 0.05) is 16.4 Å². The topological polar surface area (TPSA) is 15.8 Å². The van der Waals surface area contributed by atoms with Crippen LogP contribution in [0.3, 0.4) is 0 Å². The zero-order chi connectivity index (χ0) is 40.5. The first-order chi connectivity index (χ1) is 24.3. The van der Waals surface area contributed by atoms with Gasteiger partial charge in [0.15, 0.2) is 0 Å². The minimum Gasteiger partial charge on any atom is -0.361 e. The molecule has 4 aromatic carbocycles. The zero-order valence-corrected chi connectivity index (χ0v) is 37.7. The summed E-state index contributed by atoms with van der Waals surface area (Å²) in [7, 11) is 0. The molecule has 0 aliphatic carbocycles. The first-order valence-corrected chi connectivity index (χ1v) is 20.6. The zero-order valence-electron chi connectivity index (χ0n) is 36.9. The number of aromatic nitrogens is 1. The van der Waals surface area contributed by atoms with Crippen molar-refractivity contribution in [2.45, 2.75) is 125 Å². The predicted octanol–water partition coefficient (Wildman–Crippen LogP) is 17.9. The molecule has 52 heavy (non-hydrogen) atoms. The second-order valence-electron chi connectivity index (χ2n) is 16.8. The van der Waals surface area contributed by atoms with E-state index >= 15 is 0 Å². The van der Waals surface area contributed by atoms with Gasteiger partial charge in [0.05, 0.1) is 0 Å². The lowest BCUT2D eigenvalue weighted by molar-refractivity contribution is 0.736. The Morgan fingerprint density at radius 1 is 0.327 bits per heavy atom. The number of aromatic amines is 1. The molecule has 0 aliphatic heterocycles. The van der Waals surface area contributed by atoms with Crippen molar-refractivity contribution in [2.24, 2.45) is 35.5 Å². The Morgan fingerprint density at radius 3 is 0.942 bits per heavy atom. The molecule has 0 amide bonds. The van der Waals surface area contributed by atoms with Gasteiger partial charge in [0.1, 0.15) is 0 Å². The normalized spacial score (nSPS) is 9.62. The molecule has 0 saturated carbocycles. The van der Waals surface area contributed by atoms with Crippen LogP contribution < -0.4 is 0 Å². The summed E-state index contributed by atoms with van der Waals surface area (Å²) in [4.78, 5) is 3.12. The third-order valence-electron chi connectivity index (χ3n) is 4.48. The lowest BCUT2D eigenvalue weighted by Crippen LogP contribution is -1.67. The van der Waals surface area contributed by atoms with Crippen molar-refractivity contribution >= 4 is 43.1 Å². The van der Waals surface area contributed by atoms with Gasteiger partial charge in [-0.25, -0.2) is 0 Å². The molecule has 292 valence electrons. The average molecular weight is 728 g/mol. The summed E-state index contributed by atoms with van der Waals surface area (Å²) in [6, 6.07) is 37.5. The van der Waals surface area contributed by atoms with Crippen LogP contribution in [0.4, 0.5) is 0 Å². The maximum absolute atomic E-state index is 3.12. The standard InChI is InChI=1S/C10H8.C8H7N.C8H6S.6C4H10/c1-2-6-10-8-4-3-7-9(10)5-1;2*1-2-4-8-7(3-1)5-6-9-8;6*1-4(2)3/h1-8H;1-6,9H;1-6H;6*4H,1-3H3. The summed E-state index contributed by atoms with van der Waals surface area (Å²) in [5, 5.41) is 7.36. The molecule has 1 N–H and O–H groups in total. The molecule has 0 unspecified atom stereocenters. The lowest BCUT2D eigenvalue weighted by Gasteiger charge is -1.92. The number of nitrogens with one attached hydrogen (secondary N) is 1. The molecule has 6 aromatic rings. The van der Waals surface area contributed by atoms with Crippen molar-refractivity contribution in [3.05, 3.63) is 121 Å². The molecule has 0 radical (unpaired) electrons. The Hall–Kier alpha value is -3.36. The number of benzene rings is 4. The minimum atomic E-state index is 0.833. The number of para-hydroxylation sites is 1. The summed E-state index contributed by atoms with van der Waals surface area (Å²) in [6.45, 7) is 39.0. The van der Waals surface area contributed by atoms with E-state index in [1.165, 1.54) is 31.8 Å². The van der Waals surface area contributed by atoms with E-state index < -0.39 is 0 Å². The number of thiophene rings is 1. The monoisotopic (exact) mass is 728 g/mol. The third kappa shape index (κ3) is 41.1. The van der Waals surface area contributed by atoms with Crippen molar-refractivity contribution in [2.75, 3.05) is 0 Å². The van der Waals surface area contributed by atoms with Gasteiger partial charge < -0.3 is 4.98 Å². The van der Waals surface area contributed by atoms with Gasteiger partial charge in [0.2, 0.25) is 0 Å². The Bertz CT molecular complexity index is 1310. The molecule has 0 saturated heterocycles. The Morgan fingerprint density at radius 2 is 0.615 bits per heavy atom. The summed E-state index contributed by atoms with van der Waals surface area (Å²) < 4.78 is 1.37. The summed E-state index contributed by atoms with van der Waals surface area (Å²) in [5.74, 6) is 5.00. The highest BCUT2D eigenvalue weighted by atomic mass is 32.1. The molecule has 2 heterocycles. The fraction of sp³-hybridized carbons (Fsp3) is 0.480. The lowest BCUT2D eigenvalue weighted by atomic mass is 10.1. The fourth-order valence-corrected chi connectivity index (χ4v) is 3.82. The predicted molar refractivity (Wildman–Crippen MR) is 247 cm³/mol. The first-order valence-electron chi connectivity index (χ1n) is 19.7. The SMILES string of the molecule is CC(C)C.CC(C)C.CC(C)C.CC(C)C.CC(C)C.CC(C)C.c1ccc2[nH]ccc2c1.c1ccc2ccccc2c1.c1ccc2sccc2c1. The van der Waals surface area contributed by atoms with E-state index in [0.29, 0.717) is 0 Å². The van der Waals surface area contributed by atoms with Crippen molar-refractivity contribution in [1.82, 2.24) is 4.98 Å². The molecule has 1 nitrogen and oxygen atoms in total. The maximum atomic E-state index is 3.12. The van der Waals surface area contributed by atoms with Gasteiger partial charge in [-0.2, -0.15) is 0 Å². The van der Waals surface area contributed by atoms with Crippen LogP contribution in [0.25, 0.3) is 31.8 Å². The molecule has 0 atom stereocenters. The molecular formula is C50H81NS. The second kappa shape index (κ2) is 34.7. The van der Waals surface area contributed by atoms with Crippen molar-refractivity contribution < 1.29 is 0 Å². The van der Waals surface area contributed by atoms with Crippen LogP contribution in [-0.4, -0.2) is 4.98 Å². The molecule has 6 rings (SSSR count). The highest BCUT2D eigenvalue weighted by molar-refractivity contribution is 7.17. The van der Waals surface area contributed by atoms with Crippen LogP contribution in [0.15, 0.2) is 121 Å². The molecule has 0 aliphatic rings. The van der Waals surface area contributed by atoms with Crippen LogP contribution in [0.2, 0.25) is 0 Å². The van der Waals surface area contributed by atoms with E-state index in [0.717, 1.165) is 35.5 Å². The molecule has 2 heteroatoms. The van der Waals surface area contributed by atoms with E-state index in [9.17, 15) is 0 Å². The second-order valence-corrected chi connectivity index (χ2v) is 17.7. The highest BCUT2D eigenvalue weighted by Gasteiger charge is 1.88. The van der Waals surface area contributed by atoms with Gasteiger partial charge in [0.25, 0.3) is 0 Å². The highest BCUT2D eigenvalue weighted by Crippen LogP contribution is 2.19. The molecule has 0 fully saturated rings. The van der Waals surface area contributed by atoms with Crippen LogP contribution in [0.5, 0.6) is 0 Å². The molecule has 2 aromatic heterocycles. The van der Waals surface area contributed by atoms with Gasteiger partial charge in [-0.1, -0.05) is 210 Å². The first kappa shape index (κ1) is 53.0. The smallest absolute Gasteiger partial charge is 0.0453 e. The summed E-state index contributed by atoms with van der Waals surface area (Å²) in [5.41, 5.74) is 1.21. The minimum absolute atomic E-state index is 0.833. The number of rotatable bonds is 0. The van der Waals surface area contributed by atoms with E-state index in [-0.39, 0.29) is 0 Å². The number of hydrogen-bond donors (Lipinski definition) is 1. The van der Waals surface area contributed by atoms with Crippen molar-refractivity contribution in [1.29, 1.82) is 0 Å². The van der Waals surface area contributed by atoms with Crippen LogP contribution >= 0.6 is 11.3 Å². The Balaban J connectivity index is -0.000000540. The number of H-pyrrole nitrogens is 1. The average Bonchev–Trinajstić information content (AvgIpc) is 3.70. The fourth-order valence-electron chi connectivity index (χ4n) is 3.03. The third-order valence-corrected chi connectivity index (χ3v) is 5.38. The van der Waals surface area contributed by atoms with Crippen LogP contribution in [-0.2, 0) is 0 Å². The van der Waals surface area contributed by atoms with Gasteiger partial charge in [-0.15, -0.1) is 11.3 Å². The molecule has 0 bridgehead atoms. The van der Waals surface area contributed by atoms with Crippen LogP contribution in [0, 0.1) is 35.5 Å². The van der Waals surface area contributed by atoms with E-state index in [2.05, 4.69) is 232 Å². The maximum Gasteiger partial charge on any atom is 0.0453 e. The largest absolute Gasteiger partial charge is 0.361 e. The molecular weight excluding hydrogens is 647 g/mol. The quantitative estimate of drug-likeness (QED) is 0.160. The van der Waals surface area contributed by atoms with Gasteiger partial charge in [-0.3, -0.25) is 0 Å². The van der Waals surface area contributed by atoms with Gasteiger partial charge in [-0.05, 0) is 86.7 Å². The van der Waals surface area contributed by atoms with E-state index in [1.54, 1.807) is 11.3 Å². The van der Waals surface area contributed by atoms with E-state index in [1.807, 2.05) is 18.3 Å².